The number of anilines is 1. The lowest BCUT2D eigenvalue weighted by molar-refractivity contribution is 0.220. The van der Waals surface area contributed by atoms with Crippen LogP contribution in [0.15, 0.2) is 48.0 Å². The number of urea groups is 1. The Kier molecular flexibility index (Phi) is 5.66. The normalized spacial score (nSPS) is 18.5. The van der Waals surface area contributed by atoms with Gasteiger partial charge in [-0.3, -0.25) is 0 Å². The SMILES string of the molecule is COc1ccc(Cl)cc1NC(=O)N1CC[C@@](c2ccc(C)c(F)c2)(c2nccs2)C1. The second-order valence-corrected chi connectivity index (χ2v) is 8.66. The maximum Gasteiger partial charge on any atom is 0.321 e. The molecule has 4 rings (SSSR count). The van der Waals surface area contributed by atoms with E-state index in [2.05, 4.69) is 10.3 Å². The summed E-state index contributed by atoms with van der Waals surface area (Å²) in [5, 5.41) is 6.17. The summed E-state index contributed by atoms with van der Waals surface area (Å²) in [6, 6.07) is 10.1. The van der Waals surface area contributed by atoms with Gasteiger partial charge in [0.05, 0.1) is 18.2 Å². The van der Waals surface area contributed by atoms with E-state index in [0.717, 1.165) is 10.6 Å². The number of aromatic nitrogens is 1. The zero-order valence-corrected chi connectivity index (χ0v) is 18.2. The Balaban J connectivity index is 1.63. The molecule has 3 aromatic rings. The zero-order chi connectivity index (χ0) is 21.3. The molecule has 0 saturated carbocycles. The molecule has 1 N–H and O–H groups in total. The maximum atomic E-state index is 14.4. The summed E-state index contributed by atoms with van der Waals surface area (Å²) in [4.78, 5) is 19.3. The Labute approximate surface area is 183 Å². The highest BCUT2D eigenvalue weighted by molar-refractivity contribution is 7.09. The van der Waals surface area contributed by atoms with Crippen LogP contribution in [0.5, 0.6) is 5.75 Å². The summed E-state index contributed by atoms with van der Waals surface area (Å²) in [5.74, 6) is 0.272. The largest absolute Gasteiger partial charge is 0.495 e. The van der Waals surface area contributed by atoms with E-state index >= 15 is 0 Å². The summed E-state index contributed by atoms with van der Waals surface area (Å²) in [6.45, 7) is 2.66. The first-order valence-corrected chi connectivity index (χ1v) is 10.7. The fraction of sp³-hybridized carbons (Fsp3) is 0.273. The lowest BCUT2D eigenvalue weighted by Crippen LogP contribution is -2.37. The number of benzene rings is 2. The Morgan fingerprint density at radius 3 is 2.87 bits per heavy atom. The van der Waals surface area contributed by atoms with Crippen molar-refractivity contribution in [2.45, 2.75) is 18.8 Å². The molecule has 0 bridgehead atoms. The van der Waals surface area contributed by atoms with E-state index in [1.54, 1.807) is 48.4 Å². The summed E-state index contributed by atoms with van der Waals surface area (Å²) < 4.78 is 19.7. The Hall–Kier alpha value is -2.64. The lowest BCUT2D eigenvalue weighted by Gasteiger charge is -2.28. The molecule has 1 saturated heterocycles. The van der Waals surface area contributed by atoms with Crippen molar-refractivity contribution in [2.75, 3.05) is 25.5 Å². The van der Waals surface area contributed by atoms with Crippen molar-refractivity contribution < 1.29 is 13.9 Å². The van der Waals surface area contributed by atoms with Crippen LogP contribution in [-0.2, 0) is 5.41 Å². The molecule has 5 nitrogen and oxygen atoms in total. The number of hydrogen-bond donors (Lipinski definition) is 1. The van der Waals surface area contributed by atoms with Gasteiger partial charge < -0.3 is 15.0 Å². The highest BCUT2D eigenvalue weighted by atomic mass is 35.5. The number of carbonyl (C=O) groups excluding carboxylic acids is 1. The third-order valence-corrected chi connectivity index (χ3v) is 6.74. The molecule has 0 spiro atoms. The fourth-order valence-corrected chi connectivity index (χ4v) is 4.89. The topological polar surface area (TPSA) is 54.5 Å². The second kappa shape index (κ2) is 8.24. The number of hydrogen-bond acceptors (Lipinski definition) is 4. The van der Waals surface area contributed by atoms with E-state index in [9.17, 15) is 9.18 Å². The molecular formula is C22H21ClFN3O2S. The molecule has 0 radical (unpaired) electrons. The number of carbonyl (C=O) groups is 1. The molecule has 1 fully saturated rings. The van der Waals surface area contributed by atoms with Crippen LogP contribution < -0.4 is 10.1 Å². The van der Waals surface area contributed by atoms with Gasteiger partial charge in [0, 0.05) is 29.7 Å². The first-order valence-electron chi connectivity index (χ1n) is 9.49. The number of methoxy groups -OCH3 is 1. The van der Waals surface area contributed by atoms with Gasteiger partial charge >= 0.3 is 6.03 Å². The van der Waals surface area contributed by atoms with Gasteiger partial charge in [0.1, 0.15) is 16.6 Å². The van der Waals surface area contributed by atoms with Crippen molar-refractivity contribution in [3.8, 4) is 5.75 Å². The number of nitrogens with one attached hydrogen (secondary N) is 1. The summed E-state index contributed by atoms with van der Waals surface area (Å²) in [6.07, 6.45) is 2.40. The molecular weight excluding hydrogens is 425 g/mol. The molecule has 8 heteroatoms. The van der Waals surface area contributed by atoms with Crippen molar-refractivity contribution in [1.82, 2.24) is 9.88 Å². The van der Waals surface area contributed by atoms with Crippen LogP contribution in [-0.4, -0.2) is 36.1 Å². The maximum absolute atomic E-state index is 14.4. The van der Waals surface area contributed by atoms with Crippen LogP contribution >= 0.6 is 22.9 Å². The summed E-state index contributed by atoms with van der Waals surface area (Å²) in [5.41, 5.74) is 1.38. The molecule has 156 valence electrons. The minimum Gasteiger partial charge on any atom is -0.495 e. The predicted molar refractivity (Wildman–Crippen MR) is 117 cm³/mol. The third-order valence-electron chi connectivity index (χ3n) is 5.53. The predicted octanol–water partition coefficient (Wildman–Crippen LogP) is 5.48. The van der Waals surface area contributed by atoms with Crippen molar-refractivity contribution >= 4 is 34.7 Å². The Morgan fingerprint density at radius 1 is 1.33 bits per heavy atom. The molecule has 2 aromatic carbocycles. The molecule has 2 heterocycles. The molecule has 30 heavy (non-hydrogen) atoms. The number of rotatable bonds is 4. The summed E-state index contributed by atoms with van der Waals surface area (Å²) in [7, 11) is 1.54. The van der Waals surface area contributed by atoms with Crippen LogP contribution in [0.4, 0.5) is 14.9 Å². The number of likely N-dealkylation sites (tertiary alicyclic amines) is 1. The average Bonchev–Trinajstić information content (AvgIpc) is 3.41. The van der Waals surface area contributed by atoms with Crippen LogP contribution in [0.25, 0.3) is 0 Å². The number of thiazole rings is 1. The third kappa shape index (κ3) is 3.75. The highest BCUT2D eigenvalue weighted by Gasteiger charge is 2.45. The van der Waals surface area contributed by atoms with E-state index in [1.165, 1.54) is 18.4 Å². The van der Waals surface area contributed by atoms with E-state index in [0.29, 0.717) is 41.5 Å². The van der Waals surface area contributed by atoms with Gasteiger partial charge in [0.15, 0.2) is 0 Å². The minimum atomic E-state index is -0.543. The van der Waals surface area contributed by atoms with Crippen LogP contribution in [0.1, 0.15) is 22.6 Å². The summed E-state index contributed by atoms with van der Waals surface area (Å²) >= 11 is 7.59. The lowest BCUT2D eigenvalue weighted by atomic mass is 9.80. The van der Waals surface area contributed by atoms with E-state index in [1.807, 2.05) is 11.4 Å². The standard InChI is InChI=1S/C22H21ClFN3O2S/c1-14-3-4-15(11-17(14)24)22(20-25-8-10-30-20)7-9-27(13-22)21(28)26-18-12-16(23)5-6-19(18)29-2/h3-6,8,10-12H,7,9,13H2,1-2H3,(H,26,28)/t22-/m1/s1. The van der Waals surface area contributed by atoms with E-state index < -0.39 is 5.41 Å². The number of aryl methyl sites for hydroxylation is 1. The van der Waals surface area contributed by atoms with Gasteiger partial charge in [-0.05, 0) is 48.7 Å². The number of halogens is 2. The van der Waals surface area contributed by atoms with Gasteiger partial charge in [-0.25, -0.2) is 14.2 Å². The van der Waals surface area contributed by atoms with Crippen molar-refractivity contribution in [1.29, 1.82) is 0 Å². The highest BCUT2D eigenvalue weighted by Crippen LogP contribution is 2.42. The number of ether oxygens (including phenoxy) is 1. The molecule has 0 aliphatic carbocycles. The first kappa shape index (κ1) is 20.6. The minimum absolute atomic E-state index is 0.255. The smallest absolute Gasteiger partial charge is 0.321 e. The Morgan fingerprint density at radius 2 is 2.17 bits per heavy atom. The van der Waals surface area contributed by atoms with Gasteiger partial charge in [-0.2, -0.15) is 0 Å². The fourth-order valence-electron chi connectivity index (χ4n) is 3.84. The molecule has 2 amide bonds. The molecule has 0 unspecified atom stereocenters. The van der Waals surface area contributed by atoms with Crippen LogP contribution in [0, 0.1) is 12.7 Å². The van der Waals surface area contributed by atoms with E-state index in [4.69, 9.17) is 16.3 Å². The van der Waals surface area contributed by atoms with Crippen LogP contribution in [0.2, 0.25) is 5.02 Å². The van der Waals surface area contributed by atoms with Crippen molar-refractivity contribution in [3.05, 3.63) is 74.9 Å². The monoisotopic (exact) mass is 445 g/mol. The van der Waals surface area contributed by atoms with Gasteiger partial charge in [0.2, 0.25) is 0 Å². The Bertz CT molecular complexity index is 1080. The van der Waals surface area contributed by atoms with Crippen LogP contribution in [0.3, 0.4) is 0 Å². The second-order valence-electron chi connectivity index (χ2n) is 7.33. The van der Waals surface area contributed by atoms with Crippen molar-refractivity contribution in [2.24, 2.45) is 0 Å². The number of amides is 2. The van der Waals surface area contributed by atoms with E-state index in [-0.39, 0.29) is 11.8 Å². The molecule has 1 aliphatic rings. The van der Waals surface area contributed by atoms with Gasteiger partial charge in [0.25, 0.3) is 0 Å². The molecule has 1 atom stereocenters. The first-order chi connectivity index (χ1) is 14.4. The molecule has 1 aromatic heterocycles. The average molecular weight is 446 g/mol. The van der Waals surface area contributed by atoms with Gasteiger partial charge in [-0.1, -0.05) is 23.7 Å². The molecule has 1 aliphatic heterocycles. The number of nitrogens with zero attached hydrogens (tertiary/aromatic N) is 2. The van der Waals surface area contributed by atoms with Crippen molar-refractivity contribution in [3.63, 3.8) is 0 Å². The zero-order valence-electron chi connectivity index (χ0n) is 16.6. The quantitative estimate of drug-likeness (QED) is 0.578. The van der Waals surface area contributed by atoms with Gasteiger partial charge in [-0.15, -0.1) is 11.3 Å².